The van der Waals surface area contributed by atoms with E-state index in [9.17, 15) is 4.79 Å². The molecule has 1 heterocycles. The number of hydrogen-bond donors (Lipinski definition) is 1. The molecule has 0 atom stereocenters. The predicted molar refractivity (Wildman–Crippen MR) is 120 cm³/mol. The lowest BCUT2D eigenvalue weighted by molar-refractivity contribution is -0.111. The summed E-state index contributed by atoms with van der Waals surface area (Å²) < 4.78 is 0. The Balaban J connectivity index is 1.45. The van der Waals surface area contributed by atoms with E-state index in [0.29, 0.717) is 11.5 Å². The molecule has 4 heteroatoms. The molecule has 0 saturated heterocycles. The van der Waals surface area contributed by atoms with Crippen LogP contribution in [0, 0.1) is 0 Å². The highest BCUT2D eigenvalue weighted by Crippen LogP contribution is 2.35. The van der Waals surface area contributed by atoms with Crippen molar-refractivity contribution < 1.29 is 4.79 Å². The SMILES string of the molecule is CNc1cc(-c2ccccc2)sc1CCCCC(=O)SCc1ccccc1. The van der Waals surface area contributed by atoms with Gasteiger partial charge in [-0.15, -0.1) is 11.3 Å². The summed E-state index contributed by atoms with van der Waals surface area (Å²) in [6.45, 7) is 0. The van der Waals surface area contributed by atoms with Crippen molar-refractivity contribution in [2.45, 2.75) is 31.4 Å². The number of benzene rings is 2. The minimum Gasteiger partial charge on any atom is -0.387 e. The van der Waals surface area contributed by atoms with Crippen molar-refractivity contribution in [3.63, 3.8) is 0 Å². The lowest BCUT2D eigenvalue weighted by Gasteiger charge is -2.03. The van der Waals surface area contributed by atoms with E-state index >= 15 is 0 Å². The number of thioether (sulfide) groups is 1. The summed E-state index contributed by atoms with van der Waals surface area (Å²) >= 11 is 3.29. The average molecular weight is 396 g/mol. The van der Waals surface area contributed by atoms with Crippen LogP contribution in [0.25, 0.3) is 10.4 Å². The van der Waals surface area contributed by atoms with Crippen LogP contribution >= 0.6 is 23.1 Å². The number of thiophene rings is 1. The molecule has 0 amide bonds. The molecule has 0 radical (unpaired) electrons. The molecule has 1 N–H and O–H groups in total. The van der Waals surface area contributed by atoms with Gasteiger partial charge in [-0.25, -0.2) is 0 Å². The van der Waals surface area contributed by atoms with Crippen LogP contribution in [0.5, 0.6) is 0 Å². The van der Waals surface area contributed by atoms with E-state index in [1.54, 1.807) is 0 Å². The van der Waals surface area contributed by atoms with E-state index in [-0.39, 0.29) is 0 Å². The summed E-state index contributed by atoms with van der Waals surface area (Å²) in [5, 5.41) is 3.61. The standard InChI is InChI=1S/C23H25NOS2/c1-24-20-16-22(19-12-6-3-7-13-19)27-21(20)14-8-9-15-23(25)26-17-18-10-4-2-5-11-18/h2-7,10-13,16,24H,8-9,14-15,17H2,1H3. The van der Waals surface area contributed by atoms with Gasteiger partial charge in [0, 0.05) is 34.7 Å². The minimum atomic E-state index is 0.295. The number of nitrogens with one attached hydrogen (secondary N) is 1. The highest BCUT2D eigenvalue weighted by molar-refractivity contribution is 8.12. The molecule has 2 aromatic carbocycles. The summed E-state index contributed by atoms with van der Waals surface area (Å²) in [7, 11) is 1.98. The van der Waals surface area contributed by atoms with Gasteiger partial charge in [0.15, 0.2) is 5.12 Å². The molecule has 2 nitrogen and oxygen atoms in total. The first kappa shape index (κ1) is 19.7. The Morgan fingerprint density at radius 1 is 1.00 bits per heavy atom. The molecule has 3 aromatic rings. The van der Waals surface area contributed by atoms with E-state index in [4.69, 9.17) is 0 Å². The Kier molecular flexibility index (Phi) is 7.55. The third-order valence-corrected chi connectivity index (χ3v) is 6.66. The summed E-state index contributed by atoms with van der Waals surface area (Å²) in [6, 6.07) is 22.9. The van der Waals surface area contributed by atoms with Crippen LogP contribution < -0.4 is 5.32 Å². The Morgan fingerprint density at radius 3 is 2.41 bits per heavy atom. The fourth-order valence-corrected chi connectivity index (χ4v) is 4.96. The van der Waals surface area contributed by atoms with Crippen LogP contribution in [0.1, 0.15) is 29.7 Å². The van der Waals surface area contributed by atoms with Gasteiger partial charge in [0.2, 0.25) is 0 Å². The number of hydrogen-bond acceptors (Lipinski definition) is 4. The third kappa shape index (κ3) is 5.98. The van der Waals surface area contributed by atoms with Gasteiger partial charge in [0.25, 0.3) is 0 Å². The lowest BCUT2D eigenvalue weighted by atomic mass is 10.1. The Hall–Kier alpha value is -2.04. The second kappa shape index (κ2) is 10.3. The highest BCUT2D eigenvalue weighted by Gasteiger charge is 2.10. The first-order chi connectivity index (χ1) is 13.3. The molecular weight excluding hydrogens is 370 g/mol. The molecule has 0 aliphatic carbocycles. The molecular formula is C23H25NOS2. The molecule has 1 aromatic heterocycles. The van der Waals surface area contributed by atoms with Crippen molar-refractivity contribution in [1.29, 1.82) is 0 Å². The third-order valence-electron chi connectivity index (χ3n) is 4.41. The molecule has 0 bridgehead atoms. The fraction of sp³-hybridized carbons (Fsp3) is 0.261. The zero-order valence-corrected chi connectivity index (χ0v) is 17.2. The summed E-state index contributed by atoms with van der Waals surface area (Å²) in [6.07, 6.45) is 3.66. The van der Waals surface area contributed by atoms with Gasteiger partial charge in [-0.2, -0.15) is 0 Å². The molecule has 3 rings (SSSR count). The van der Waals surface area contributed by atoms with Gasteiger partial charge in [-0.3, -0.25) is 4.79 Å². The van der Waals surface area contributed by atoms with E-state index in [1.807, 2.05) is 42.6 Å². The largest absolute Gasteiger partial charge is 0.387 e. The van der Waals surface area contributed by atoms with E-state index < -0.39 is 0 Å². The maximum absolute atomic E-state index is 12.1. The van der Waals surface area contributed by atoms with Gasteiger partial charge >= 0.3 is 0 Å². The maximum Gasteiger partial charge on any atom is 0.189 e. The summed E-state index contributed by atoms with van der Waals surface area (Å²) in [5.74, 6) is 0.773. The zero-order valence-electron chi connectivity index (χ0n) is 15.6. The topological polar surface area (TPSA) is 29.1 Å². The monoisotopic (exact) mass is 395 g/mol. The molecule has 27 heavy (non-hydrogen) atoms. The quantitative estimate of drug-likeness (QED) is 0.412. The van der Waals surface area contributed by atoms with Crippen LogP contribution in [0.15, 0.2) is 66.7 Å². The van der Waals surface area contributed by atoms with Gasteiger partial charge in [0.1, 0.15) is 0 Å². The van der Waals surface area contributed by atoms with Crippen molar-refractivity contribution in [3.05, 3.63) is 77.2 Å². The molecule has 0 spiro atoms. The van der Waals surface area contributed by atoms with Gasteiger partial charge < -0.3 is 5.32 Å². The van der Waals surface area contributed by atoms with Crippen LogP contribution in [-0.2, 0) is 17.0 Å². The van der Waals surface area contributed by atoms with Crippen LogP contribution in [0.3, 0.4) is 0 Å². The van der Waals surface area contributed by atoms with E-state index in [2.05, 4.69) is 47.8 Å². The Bertz CT molecular complexity index is 843. The maximum atomic E-state index is 12.1. The second-order valence-corrected chi connectivity index (χ2v) is 8.59. The first-order valence-electron chi connectivity index (χ1n) is 9.31. The zero-order chi connectivity index (χ0) is 18.9. The normalized spacial score (nSPS) is 10.7. The highest BCUT2D eigenvalue weighted by atomic mass is 32.2. The molecule has 0 fully saturated rings. The minimum absolute atomic E-state index is 0.295. The summed E-state index contributed by atoms with van der Waals surface area (Å²) in [4.78, 5) is 14.8. The van der Waals surface area contributed by atoms with Crippen molar-refractivity contribution >= 4 is 33.9 Å². The second-order valence-electron chi connectivity index (χ2n) is 6.42. The number of rotatable bonds is 9. The lowest BCUT2D eigenvalue weighted by Crippen LogP contribution is -1.95. The van der Waals surface area contributed by atoms with Crippen molar-refractivity contribution in [1.82, 2.24) is 0 Å². The van der Waals surface area contributed by atoms with Gasteiger partial charge in [0.05, 0.1) is 0 Å². The number of carbonyl (C=O) groups excluding carboxylic acids is 1. The Labute approximate surface area is 170 Å². The molecule has 0 unspecified atom stereocenters. The van der Waals surface area contributed by atoms with Gasteiger partial charge in [-0.1, -0.05) is 72.4 Å². The first-order valence-corrected chi connectivity index (χ1v) is 11.1. The van der Waals surface area contributed by atoms with Crippen molar-refractivity contribution in [2.24, 2.45) is 0 Å². The van der Waals surface area contributed by atoms with Crippen LogP contribution in [0.4, 0.5) is 5.69 Å². The van der Waals surface area contributed by atoms with E-state index in [1.165, 1.54) is 38.3 Å². The summed E-state index contributed by atoms with van der Waals surface area (Å²) in [5.41, 5.74) is 3.68. The molecule has 0 aliphatic rings. The smallest absolute Gasteiger partial charge is 0.189 e. The van der Waals surface area contributed by atoms with Crippen molar-refractivity contribution in [3.8, 4) is 10.4 Å². The van der Waals surface area contributed by atoms with Crippen LogP contribution in [-0.4, -0.2) is 12.2 Å². The number of carbonyl (C=O) groups is 1. The molecule has 0 aliphatic heterocycles. The number of unbranched alkanes of at least 4 members (excludes halogenated alkanes) is 1. The molecule has 140 valence electrons. The average Bonchev–Trinajstić information content (AvgIpc) is 3.14. The number of anilines is 1. The van der Waals surface area contributed by atoms with Crippen LogP contribution in [0.2, 0.25) is 0 Å². The predicted octanol–water partition coefficient (Wildman–Crippen LogP) is 6.63. The van der Waals surface area contributed by atoms with Crippen molar-refractivity contribution in [2.75, 3.05) is 12.4 Å². The van der Waals surface area contributed by atoms with E-state index in [0.717, 1.165) is 25.0 Å². The Morgan fingerprint density at radius 2 is 1.70 bits per heavy atom. The number of aryl methyl sites for hydroxylation is 1. The molecule has 0 saturated carbocycles. The fourth-order valence-electron chi connectivity index (χ4n) is 2.94. The van der Waals surface area contributed by atoms with Gasteiger partial charge in [-0.05, 0) is 36.5 Å².